The first kappa shape index (κ1) is 14.4. The van der Waals surface area contributed by atoms with Crippen molar-refractivity contribution in [1.29, 1.82) is 0 Å². The summed E-state index contributed by atoms with van der Waals surface area (Å²) in [6, 6.07) is 8.04. The van der Waals surface area contributed by atoms with E-state index in [0.717, 1.165) is 37.7 Å². The topological polar surface area (TPSA) is 54.5 Å². The number of carbonyl (C=O) groups excluding carboxylic acids is 3. The first-order valence-electron chi connectivity index (χ1n) is 9.14. The van der Waals surface area contributed by atoms with Crippen LogP contribution in [0.3, 0.4) is 0 Å². The fraction of sp³-hybridized carbons (Fsp3) is 0.550. The molecule has 24 heavy (non-hydrogen) atoms. The minimum absolute atomic E-state index is 0.00565. The highest BCUT2D eigenvalue weighted by atomic mass is 16.2. The summed E-state index contributed by atoms with van der Waals surface area (Å²) in [6.45, 7) is 0. The highest BCUT2D eigenvalue weighted by Crippen LogP contribution is 2.53. The van der Waals surface area contributed by atoms with Crippen LogP contribution in [-0.4, -0.2) is 22.5 Å². The standard InChI is InChI=1S/C20H21NO3/c22-16-10-12-8-9-14(16)18-17(12)19(23)21(20(18)24)15-7-3-5-11-4-1-2-6-13(11)15/h1-2,4,6,12,14-15,17-18H,3,5,7-10H2. The number of hydrogen-bond acceptors (Lipinski definition) is 3. The van der Waals surface area contributed by atoms with E-state index in [1.54, 1.807) is 4.90 Å². The Morgan fingerprint density at radius 3 is 2.54 bits per heavy atom. The lowest BCUT2D eigenvalue weighted by Gasteiger charge is -2.41. The van der Waals surface area contributed by atoms with Gasteiger partial charge >= 0.3 is 0 Å². The van der Waals surface area contributed by atoms with Crippen molar-refractivity contribution in [2.24, 2.45) is 23.7 Å². The van der Waals surface area contributed by atoms with Gasteiger partial charge in [0.15, 0.2) is 0 Å². The predicted octanol–water partition coefficient (Wildman–Crippen LogP) is 2.66. The zero-order valence-corrected chi connectivity index (χ0v) is 13.6. The van der Waals surface area contributed by atoms with Crippen LogP contribution in [0.25, 0.3) is 0 Å². The third-order valence-electron chi connectivity index (χ3n) is 6.75. The second kappa shape index (κ2) is 5.01. The molecule has 5 aliphatic rings. The van der Waals surface area contributed by atoms with Crippen LogP contribution in [0.5, 0.6) is 0 Å². The average Bonchev–Trinajstić information content (AvgIpc) is 2.88. The summed E-state index contributed by atoms with van der Waals surface area (Å²) in [5.74, 6) is -0.592. The minimum atomic E-state index is -0.369. The Balaban J connectivity index is 1.56. The van der Waals surface area contributed by atoms with E-state index >= 15 is 0 Å². The molecule has 0 spiro atoms. The number of rotatable bonds is 1. The second-order valence-corrected chi connectivity index (χ2v) is 7.82. The van der Waals surface area contributed by atoms with E-state index in [1.165, 1.54) is 5.56 Å². The molecule has 1 heterocycles. The van der Waals surface area contributed by atoms with E-state index in [1.807, 2.05) is 12.1 Å². The molecule has 1 saturated heterocycles. The summed E-state index contributed by atoms with van der Waals surface area (Å²) in [4.78, 5) is 40.1. The molecule has 6 rings (SSSR count). The lowest BCUT2D eigenvalue weighted by atomic mass is 9.59. The molecule has 0 N–H and O–H groups in total. The van der Waals surface area contributed by atoms with Crippen molar-refractivity contribution in [2.45, 2.75) is 44.6 Å². The van der Waals surface area contributed by atoms with Crippen LogP contribution >= 0.6 is 0 Å². The highest BCUT2D eigenvalue weighted by Gasteiger charge is 2.61. The van der Waals surface area contributed by atoms with Crippen LogP contribution in [0, 0.1) is 23.7 Å². The average molecular weight is 323 g/mol. The number of Topliss-reactive ketones (excluding diaryl/α,β-unsaturated/α-hetero) is 1. The van der Waals surface area contributed by atoms with Gasteiger partial charge < -0.3 is 0 Å². The van der Waals surface area contributed by atoms with Gasteiger partial charge in [-0.05, 0) is 49.1 Å². The molecular formula is C20H21NO3. The van der Waals surface area contributed by atoms with Gasteiger partial charge in [-0.2, -0.15) is 0 Å². The molecule has 5 unspecified atom stereocenters. The Hall–Kier alpha value is -1.97. The molecule has 4 heteroatoms. The summed E-state index contributed by atoms with van der Waals surface area (Å²) < 4.78 is 0. The molecule has 3 saturated carbocycles. The number of aryl methyl sites for hydroxylation is 1. The maximum Gasteiger partial charge on any atom is 0.234 e. The van der Waals surface area contributed by atoms with Crippen molar-refractivity contribution < 1.29 is 14.4 Å². The zero-order valence-electron chi connectivity index (χ0n) is 13.6. The van der Waals surface area contributed by atoms with Crippen LogP contribution in [0.15, 0.2) is 24.3 Å². The van der Waals surface area contributed by atoms with Gasteiger partial charge in [-0.25, -0.2) is 0 Å². The van der Waals surface area contributed by atoms with Gasteiger partial charge in [0, 0.05) is 12.3 Å². The monoisotopic (exact) mass is 323 g/mol. The molecular weight excluding hydrogens is 302 g/mol. The maximum absolute atomic E-state index is 13.1. The molecule has 5 atom stereocenters. The van der Waals surface area contributed by atoms with Gasteiger partial charge in [0.1, 0.15) is 5.78 Å². The van der Waals surface area contributed by atoms with E-state index in [0.29, 0.717) is 6.42 Å². The predicted molar refractivity (Wildman–Crippen MR) is 86.8 cm³/mol. The summed E-state index contributed by atoms with van der Waals surface area (Å²) in [5, 5.41) is 0. The summed E-state index contributed by atoms with van der Waals surface area (Å²) in [5.41, 5.74) is 2.38. The maximum atomic E-state index is 13.1. The Kier molecular flexibility index (Phi) is 3.00. The van der Waals surface area contributed by atoms with Gasteiger partial charge in [-0.1, -0.05) is 24.3 Å². The highest BCUT2D eigenvalue weighted by molar-refractivity contribution is 6.09. The van der Waals surface area contributed by atoms with Gasteiger partial charge in [-0.3, -0.25) is 19.3 Å². The van der Waals surface area contributed by atoms with Crippen molar-refractivity contribution in [2.75, 3.05) is 0 Å². The number of nitrogens with zero attached hydrogens (tertiary/aromatic N) is 1. The molecule has 124 valence electrons. The fourth-order valence-corrected chi connectivity index (χ4v) is 5.71. The molecule has 1 aliphatic heterocycles. The molecule has 1 aromatic rings. The number of ketones is 1. The zero-order chi connectivity index (χ0) is 16.4. The molecule has 4 aliphatic carbocycles. The van der Waals surface area contributed by atoms with Crippen molar-refractivity contribution >= 4 is 17.6 Å². The molecule has 2 amide bonds. The fourth-order valence-electron chi connectivity index (χ4n) is 5.71. The van der Waals surface area contributed by atoms with Gasteiger partial charge in [-0.15, -0.1) is 0 Å². The van der Waals surface area contributed by atoms with E-state index < -0.39 is 0 Å². The van der Waals surface area contributed by atoms with Crippen LogP contribution in [0.4, 0.5) is 0 Å². The van der Waals surface area contributed by atoms with E-state index in [-0.39, 0.29) is 47.3 Å². The third-order valence-corrected chi connectivity index (χ3v) is 6.75. The van der Waals surface area contributed by atoms with Crippen LogP contribution in [0.2, 0.25) is 0 Å². The Bertz CT molecular complexity index is 755. The number of fused-ring (bicyclic) bond motifs is 3. The molecule has 0 aromatic heterocycles. The van der Waals surface area contributed by atoms with Gasteiger partial charge in [0.05, 0.1) is 17.9 Å². The number of carbonyl (C=O) groups is 3. The number of amides is 2. The number of likely N-dealkylation sites (tertiary alicyclic amines) is 1. The van der Waals surface area contributed by atoms with Crippen molar-refractivity contribution in [3.05, 3.63) is 35.4 Å². The summed E-state index contributed by atoms with van der Waals surface area (Å²) in [6.07, 6.45) is 5.07. The van der Waals surface area contributed by atoms with Crippen LogP contribution in [0.1, 0.15) is 49.3 Å². The molecule has 4 fully saturated rings. The SMILES string of the molecule is O=C1CC2CCC1C1C(=O)N(C3CCCc4ccccc43)C(=O)C21. The number of imide groups is 1. The lowest BCUT2D eigenvalue weighted by molar-refractivity contribution is -0.145. The first-order chi connectivity index (χ1) is 11.7. The largest absolute Gasteiger partial charge is 0.299 e. The van der Waals surface area contributed by atoms with Gasteiger partial charge in [0.2, 0.25) is 11.8 Å². The number of hydrogen-bond donors (Lipinski definition) is 0. The summed E-state index contributed by atoms with van der Waals surface area (Å²) in [7, 11) is 0. The summed E-state index contributed by atoms with van der Waals surface area (Å²) >= 11 is 0. The lowest BCUT2D eigenvalue weighted by Crippen LogP contribution is -2.46. The second-order valence-electron chi connectivity index (χ2n) is 7.82. The minimum Gasteiger partial charge on any atom is -0.299 e. The van der Waals surface area contributed by atoms with Gasteiger partial charge in [0.25, 0.3) is 0 Å². The molecule has 1 aromatic carbocycles. The number of benzene rings is 1. The molecule has 2 bridgehead atoms. The van der Waals surface area contributed by atoms with Crippen molar-refractivity contribution in [3.8, 4) is 0 Å². The van der Waals surface area contributed by atoms with Crippen molar-refractivity contribution in [1.82, 2.24) is 4.90 Å². The Labute approximate surface area is 141 Å². The quantitative estimate of drug-likeness (QED) is 0.747. The Morgan fingerprint density at radius 1 is 0.917 bits per heavy atom. The third kappa shape index (κ3) is 1.77. The Morgan fingerprint density at radius 2 is 1.71 bits per heavy atom. The van der Waals surface area contributed by atoms with Crippen LogP contribution in [-0.2, 0) is 20.8 Å². The van der Waals surface area contributed by atoms with E-state index in [2.05, 4.69) is 12.1 Å². The van der Waals surface area contributed by atoms with Crippen LogP contribution < -0.4 is 0 Å². The van der Waals surface area contributed by atoms with E-state index in [9.17, 15) is 14.4 Å². The molecule has 0 radical (unpaired) electrons. The normalized spacial score (nSPS) is 37.6. The van der Waals surface area contributed by atoms with Crippen molar-refractivity contribution in [3.63, 3.8) is 0 Å². The first-order valence-corrected chi connectivity index (χ1v) is 9.14. The smallest absolute Gasteiger partial charge is 0.234 e. The molecule has 4 nitrogen and oxygen atoms in total. The van der Waals surface area contributed by atoms with E-state index in [4.69, 9.17) is 0 Å².